The summed E-state index contributed by atoms with van der Waals surface area (Å²) in [4.78, 5) is 36.2. The Labute approximate surface area is 180 Å². The summed E-state index contributed by atoms with van der Waals surface area (Å²) in [5, 5.41) is 3.06. The molecule has 2 aliphatic rings. The quantitative estimate of drug-likeness (QED) is 0.597. The second-order valence-corrected chi connectivity index (χ2v) is 8.81. The van der Waals surface area contributed by atoms with Gasteiger partial charge >= 0.3 is 0 Å². The van der Waals surface area contributed by atoms with Gasteiger partial charge in [-0.05, 0) is 74.6 Å². The van der Waals surface area contributed by atoms with Crippen molar-refractivity contribution in [1.82, 2.24) is 20.3 Å². The third-order valence-electron chi connectivity index (χ3n) is 6.37. The Morgan fingerprint density at radius 1 is 1.29 bits per heavy atom. The number of fused-ring (bicyclic) bond motifs is 2. The standard InChI is InChI=1S/C24H26N4O3/c1-13(29)9-17-6-5-16-7-8-18(10-19(16)17)31-21-12-26-23-22(28-21)20(11-25-23)24(30)27-14(2)15-3-4-15/h7-8,10-12,14-15,17H,3-6,9H2,1-2H3,(H,25,26)(H,27,30)/t14-,17+/m1/s1. The highest BCUT2D eigenvalue weighted by molar-refractivity contribution is 6.04. The Balaban J connectivity index is 1.37. The van der Waals surface area contributed by atoms with Crippen molar-refractivity contribution in [2.24, 2.45) is 5.92 Å². The monoisotopic (exact) mass is 418 g/mol. The van der Waals surface area contributed by atoms with Gasteiger partial charge in [-0.25, -0.2) is 9.97 Å². The lowest BCUT2D eigenvalue weighted by molar-refractivity contribution is -0.117. The van der Waals surface area contributed by atoms with Crippen LogP contribution in [0.2, 0.25) is 0 Å². The van der Waals surface area contributed by atoms with Crippen molar-refractivity contribution in [3.8, 4) is 11.6 Å². The van der Waals surface area contributed by atoms with Gasteiger partial charge in [-0.2, -0.15) is 0 Å². The fourth-order valence-electron chi connectivity index (χ4n) is 4.51. The molecular formula is C24H26N4O3. The van der Waals surface area contributed by atoms with E-state index in [9.17, 15) is 9.59 Å². The molecule has 0 aliphatic heterocycles. The average molecular weight is 418 g/mol. The summed E-state index contributed by atoms with van der Waals surface area (Å²) in [6.07, 6.45) is 8.07. The van der Waals surface area contributed by atoms with Crippen LogP contribution in [0.4, 0.5) is 0 Å². The molecule has 0 unspecified atom stereocenters. The lowest BCUT2D eigenvalue weighted by atomic mass is 9.96. The van der Waals surface area contributed by atoms with Gasteiger partial charge in [0.2, 0.25) is 5.88 Å². The number of carbonyl (C=O) groups is 2. The molecule has 2 N–H and O–H groups in total. The van der Waals surface area contributed by atoms with E-state index in [0.717, 1.165) is 12.8 Å². The highest BCUT2D eigenvalue weighted by Crippen LogP contribution is 2.38. The Bertz CT molecular complexity index is 1160. The average Bonchev–Trinajstić information content (AvgIpc) is 3.40. The third-order valence-corrected chi connectivity index (χ3v) is 6.37. The highest BCUT2D eigenvalue weighted by Gasteiger charge is 2.30. The predicted molar refractivity (Wildman–Crippen MR) is 116 cm³/mol. The number of Topliss-reactive ketones (excluding diaryl/α,β-unsaturated/α-hetero) is 1. The second-order valence-electron chi connectivity index (χ2n) is 8.81. The van der Waals surface area contributed by atoms with Crippen LogP contribution >= 0.6 is 0 Å². The summed E-state index contributed by atoms with van der Waals surface area (Å²) in [5.74, 6) is 1.87. The Kier molecular flexibility index (Phi) is 4.96. The van der Waals surface area contributed by atoms with E-state index >= 15 is 0 Å². The number of nitrogens with one attached hydrogen (secondary N) is 2. The largest absolute Gasteiger partial charge is 0.437 e. The molecule has 7 nitrogen and oxygen atoms in total. The second kappa shape index (κ2) is 7.80. The van der Waals surface area contributed by atoms with Crippen LogP contribution in [0.3, 0.4) is 0 Å². The first-order valence-electron chi connectivity index (χ1n) is 10.9. The van der Waals surface area contributed by atoms with Gasteiger partial charge in [-0.1, -0.05) is 6.07 Å². The first kappa shape index (κ1) is 19.7. The van der Waals surface area contributed by atoms with Crippen LogP contribution in [-0.4, -0.2) is 32.7 Å². The summed E-state index contributed by atoms with van der Waals surface area (Å²) in [6.45, 7) is 3.68. The van der Waals surface area contributed by atoms with Crippen molar-refractivity contribution in [2.75, 3.05) is 0 Å². The zero-order chi connectivity index (χ0) is 21.5. The van der Waals surface area contributed by atoms with Crippen molar-refractivity contribution in [3.63, 3.8) is 0 Å². The molecule has 5 rings (SSSR count). The number of hydrogen-bond acceptors (Lipinski definition) is 5. The molecule has 2 heterocycles. The first-order chi connectivity index (χ1) is 15.0. The number of aromatic amines is 1. The zero-order valence-corrected chi connectivity index (χ0v) is 17.8. The molecule has 2 atom stereocenters. The Hall–Kier alpha value is -3.22. The van der Waals surface area contributed by atoms with E-state index in [1.54, 1.807) is 19.3 Å². The zero-order valence-electron chi connectivity index (χ0n) is 17.8. The topological polar surface area (TPSA) is 97.0 Å². The third kappa shape index (κ3) is 4.04. The van der Waals surface area contributed by atoms with Crippen LogP contribution in [0, 0.1) is 5.92 Å². The van der Waals surface area contributed by atoms with E-state index in [4.69, 9.17) is 4.74 Å². The molecule has 1 fully saturated rings. The van der Waals surface area contributed by atoms with Crippen molar-refractivity contribution >= 4 is 22.9 Å². The number of benzene rings is 1. The van der Waals surface area contributed by atoms with Gasteiger partial charge in [-0.15, -0.1) is 0 Å². The summed E-state index contributed by atoms with van der Waals surface area (Å²) in [7, 11) is 0. The minimum atomic E-state index is -0.151. The smallest absolute Gasteiger partial charge is 0.255 e. The fraction of sp³-hybridized carbons (Fsp3) is 0.417. The number of aromatic nitrogens is 3. The summed E-state index contributed by atoms with van der Waals surface area (Å²) in [6, 6.07) is 6.14. The molecule has 1 saturated carbocycles. The summed E-state index contributed by atoms with van der Waals surface area (Å²) >= 11 is 0. The lowest BCUT2D eigenvalue weighted by Gasteiger charge is -2.12. The molecule has 3 aromatic rings. The molecule has 31 heavy (non-hydrogen) atoms. The highest BCUT2D eigenvalue weighted by atomic mass is 16.5. The number of ether oxygens (including phenoxy) is 1. The van der Waals surface area contributed by atoms with Gasteiger partial charge in [0.25, 0.3) is 5.91 Å². The van der Waals surface area contributed by atoms with Crippen LogP contribution in [0.1, 0.15) is 66.9 Å². The van der Waals surface area contributed by atoms with E-state index in [-0.39, 0.29) is 23.7 Å². The Morgan fingerprint density at radius 3 is 2.90 bits per heavy atom. The van der Waals surface area contributed by atoms with E-state index in [2.05, 4.69) is 26.3 Å². The van der Waals surface area contributed by atoms with Crippen molar-refractivity contribution in [3.05, 3.63) is 47.3 Å². The number of H-pyrrole nitrogens is 1. The number of hydrogen-bond donors (Lipinski definition) is 2. The van der Waals surface area contributed by atoms with E-state index in [0.29, 0.717) is 40.7 Å². The van der Waals surface area contributed by atoms with E-state index in [1.165, 1.54) is 24.0 Å². The summed E-state index contributed by atoms with van der Waals surface area (Å²) < 4.78 is 5.99. The molecule has 0 radical (unpaired) electrons. The molecule has 1 aromatic carbocycles. The molecule has 2 aliphatic carbocycles. The molecule has 0 bridgehead atoms. The van der Waals surface area contributed by atoms with Crippen LogP contribution < -0.4 is 10.1 Å². The number of ketones is 1. The van der Waals surface area contributed by atoms with Crippen molar-refractivity contribution in [2.45, 2.75) is 57.9 Å². The van der Waals surface area contributed by atoms with Crippen LogP contribution in [0.25, 0.3) is 11.2 Å². The maximum Gasteiger partial charge on any atom is 0.255 e. The molecule has 0 saturated heterocycles. The SMILES string of the molecule is CC(=O)C[C@@H]1CCc2ccc(Oc3cnc4[nH]cc(C(=O)N[C@H](C)C5CC5)c4n3)cc21. The van der Waals surface area contributed by atoms with E-state index < -0.39 is 0 Å². The number of rotatable bonds is 7. The van der Waals surface area contributed by atoms with Gasteiger partial charge in [0.05, 0.1) is 11.8 Å². The maximum atomic E-state index is 12.7. The molecule has 160 valence electrons. The van der Waals surface area contributed by atoms with Crippen molar-refractivity contribution < 1.29 is 14.3 Å². The minimum absolute atomic E-state index is 0.151. The van der Waals surface area contributed by atoms with Crippen LogP contribution in [0.15, 0.2) is 30.6 Å². The summed E-state index contributed by atoms with van der Waals surface area (Å²) in [5.41, 5.74) is 3.96. The van der Waals surface area contributed by atoms with Gasteiger partial charge < -0.3 is 19.8 Å². The van der Waals surface area contributed by atoms with Gasteiger partial charge in [-0.3, -0.25) is 4.79 Å². The number of aryl methyl sites for hydroxylation is 1. The van der Waals surface area contributed by atoms with Gasteiger partial charge in [0, 0.05) is 18.7 Å². The predicted octanol–water partition coefficient (Wildman–Crippen LogP) is 4.29. The molecule has 1 amide bonds. The van der Waals surface area contributed by atoms with Crippen LogP contribution in [0.5, 0.6) is 11.6 Å². The van der Waals surface area contributed by atoms with Crippen molar-refractivity contribution in [1.29, 1.82) is 0 Å². The fourth-order valence-corrected chi connectivity index (χ4v) is 4.51. The normalized spacial score (nSPS) is 18.6. The Morgan fingerprint density at radius 2 is 2.13 bits per heavy atom. The van der Waals surface area contributed by atoms with E-state index in [1.807, 2.05) is 19.1 Å². The maximum absolute atomic E-state index is 12.7. The first-order valence-corrected chi connectivity index (χ1v) is 10.9. The van der Waals surface area contributed by atoms with Crippen LogP contribution in [-0.2, 0) is 11.2 Å². The number of carbonyl (C=O) groups excluding carboxylic acids is 2. The van der Waals surface area contributed by atoms with Gasteiger partial charge in [0.1, 0.15) is 17.0 Å². The molecule has 7 heteroatoms. The molecule has 0 spiro atoms. The van der Waals surface area contributed by atoms with Gasteiger partial charge in [0.15, 0.2) is 5.65 Å². The minimum Gasteiger partial charge on any atom is -0.437 e. The number of amides is 1. The lowest BCUT2D eigenvalue weighted by Crippen LogP contribution is -2.33. The molecular weight excluding hydrogens is 392 g/mol. The molecule has 2 aromatic heterocycles. The number of nitrogens with zero attached hydrogens (tertiary/aromatic N) is 2.